The summed E-state index contributed by atoms with van der Waals surface area (Å²) >= 11 is 29.1. The van der Waals surface area contributed by atoms with Crippen LogP contribution in [0.25, 0.3) is 6.08 Å². The van der Waals surface area contributed by atoms with Gasteiger partial charge in [0.15, 0.2) is 10.9 Å². The van der Waals surface area contributed by atoms with Gasteiger partial charge in [0.05, 0.1) is 25.8 Å². The molecule has 0 bridgehead atoms. The lowest BCUT2D eigenvalue weighted by Crippen LogP contribution is -2.54. The monoisotopic (exact) mass is 460 g/mol. The predicted octanol–water partition coefficient (Wildman–Crippen LogP) is 4.84. The number of carbonyl (C=O) groups is 2. The SMILES string of the molecule is O=C1NC(=S)N(c2cccc(Cl)c2Cl)C(=O)C1=Cc1cc(Cl)c(O)c(Cl)c1. The number of hydrogen-bond donors (Lipinski definition) is 2. The Hall–Kier alpha value is -1.83. The molecule has 0 atom stereocenters. The van der Waals surface area contributed by atoms with Crippen molar-refractivity contribution < 1.29 is 14.7 Å². The molecule has 0 spiro atoms. The van der Waals surface area contributed by atoms with Crippen LogP contribution in [0.1, 0.15) is 5.56 Å². The lowest BCUT2D eigenvalue weighted by molar-refractivity contribution is -0.122. The first-order chi connectivity index (χ1) is 12.7. The molecule has 138 valence electrons. The van der Waals surface area contributed by atoms with Crippen LogP contribution in [0.3, 0.4) is 0 Å². The largest absolute Gasteiger partial charge is 0.505 e. The summed E-state index contributed by atoms with van der Waals surface area (Å²) in [4.78, 5) is 26.3. The molecule has 5 nitrogen and oxygen atoms in total. The Morgan fingerprint density at radius 2 is 1.67 bits per heavy atom. The number of carbonyl (C=O) groups excluding carboxylic acids is 2. The number of nitrogens with one attached hydrogen (secondary N) is 1. The number of anilines is 1. The quantitative estimate of drug-likeness (QED) is 0.381. The molecular weight excluding hydrogens is 454 g/mol. The normalized spacial score (nSPS) is 16.1. The van der Waals surface area contributed by atoms with Crippen molar-refractivity contribution in [2.24, 2.45) is 0 Å². The van der Waals surface area contributed by atoms with Gasteiger partial charge in [0, 0.05) is 0 Å². The van der Waals surface area contributed by atoms with Crippen molar-refractivity contribution in [2.75, 3.05) is 4.90 Å². The minimum atomic E-state index is -0.701. The summed E-state index contributed by atoms with van der Waals surface area (Å²) in [5, 5.41) is 12.2. The van der Waals surface area contributed by atoms with E-state index >= 15 is 0 Å². The van der Waals surface area contributed by atoms with Gasteiger partial charge in [0.2, 0.25) is 0 Å². The second-order valence-electron chi connectivity index (χ2n) is 5.36. The van der Waals surface area contributed by atoms with Gasteiger partial charge in [0.1, 0.15) is 5.57 Å². The Kier molecular flexibility index (Phi) is 5.65. The van der Waals surface area contributed by atoms with Crippen molar-refractivity contribution in [1.29, 1.82) is 0 Å². The smallest absolute Gasteiger partial charge is 0.270 e. The van der Waals surface area contributed by atoms with Gasteiger partial charge >= 0.3 is 0 Å². The van der Waals surface area contributed by atoms with Gasteiger partial charge < -0.3 is 5.11 Å². The molecule has 10 heteroatoms. The Bertz CT molecular complexity index is 1020. The first-order valence-corrected chi connectivity index (χ1v) is 9.16. The number of benzene rings is 2. The molecule has 1 saturated heterocycles. The second kappa shape index (κ2) is 7.66. The van der Waals surface area contributed by atoms with Crippen molar-refractivity contribution in [3.05, 3.63) is 61.6 Å². The van der Waals surface area contributed by atoms with Crippen molar-refractivity contribution in [1.82, 2.24) is 5.32 Å². The molecule has 1 aliphatic rings. The number of amides is 2. The van der Waals surface area contributed by atoms with E-state index < -0.39 is 11.8 Å². The van der Waals surface area contributed by atoms with Gasteiger partial charge in [-0.25, -0.2) is 0 Å². The van der Waals surface area contributed by atoms with E-state index in [-0.39, 0.29) is 42.2 Å². The summed E-state index contributed by atoms with van der Waals surface area (Å²) in [6, 6.07) is 7.42. The van der Waals surface area contributed by atoms with Crippen LogP contribution < -0.4 is 10.2 Å². The van der Waals surface area contributed by atoms with Crippen LogP contribution in [0, 0.1) is 0 Å². The molecule has 1 fully saturated rings. The molecule has 0 aliphatic carbocycles. The zero-order chi connectivity index (χ0) is 19.9. The molecule has 2 aromatic carbocycles. The predicted molar refractivity (Wildman–Crippen MR) is 111 cm³/mol. The minimum Gasteiger partial charge on any atom is -0.505 e. The van der Waals surface area contributed by atoms with Crippen LogP contribution in [0.5, 0.6) is 5.75 Å². The third-order valence-electron chi connectivity index (χ3n) is 3.62. The number of rotatable bonds is 2. The van der Waals surface area contributed by atoms with E-state index in [1.54, 1.807) is 18.2 Å². The molecule has 0 aromatic heterocycles. The summed E-state index contributed by atoms with van der Waals surface area (Å²) < 4.78 is 0. The van der Waals surface area contributed by atoms with Gasteiger partial charge in [-0.05, 0) is 48.1 Å². The van der Waals surface area contributed by atoms with E-state index in [0.29, 0.717) is 5.56 Å². The fraction of sp³-hybridized carbons (Fsp3) is 0. The molecule has 2 amide bonds. The van der Waals surface area contributed by atoms with Gasteiger partial charge in [-0.1, -0.05) is 52.5 Å². The van der Waals surface area contributed by atoms with E-state index in [9.17, 15) is 14.7 Å². The highest BCUT2D eigenvalue weighted by atomic mass is 35.5. The van der Waals surface area contributed by atoms with Crippen LogP contribution >= 0.6 is 58.6 Å². The maximum Gasteiger partial charge on any atom is 0.270 e. The molecule has 0 unspecified atom stereocenters. The molecule has 3 rings (SSSR count). The number of phenolic OH excluding ortho intramolecular Hbond substituents is 1. The summed E-state index contributed by atoms with van der Waals surface area (Å²) in [7, 11) is 0. The highest BCUT2D eigenvalue weighted by Crippen LogP contribution is 2.36. The highest BCUT2D eigenvalue weighted by Gasteiger charge is 2.35. The fourth-order valence-corrected chi connectivity index (χ4v) is 3.53. The number of phenols is 1. The highest BCUT2D eigenvalue weighted by molar-refractivity contribution is 7.80. The molecule has 1 heterocycles. The van der Waals surface area contributed by atoms with Crippen LogP contribution in [0.2, 0.25) is 20.1 Å². The molecule has 0 radical (unpaired) electrons. The van der Waals surface area contributed by atoms with Crippen molar-refractivity contribution in [2.45, 2.75) is 0 Å². The van der Waals surface area contributed by atoms with Gasteiger partial charge in [-0.2, -0.15) is 0 Å². The van der Waals surface area contributed by atoms with Crippen molar-refractivity contribution in [3.8, 4) is 5.75 Å². The zero-order valence-corrected chi connectivity index (χ0v) is 16.9. The third-order valence-corrected chi connectivity index (χ3v) is 5.29. The van der Waals surface area contributed by atoms with Crippen LogP contribution in [-0.2, 0) is 9.59 Å². The Labute approximate surface area is 179 Å². The molecule has 2 aromatic rings. The van der Waals surface area contributed by atoms with Crippen LogP contribution in [-0.4, -0.2) is 22.0 Å². The first-order valence-electron chi connectivity index (χ1n) is 7.24. The van der Waals surface area contributed by atoms with Gasteiger partial charge in [-0.15, -0.1) is 0 Å². The lowest BCUT2D eigenvalue weighted by atomic mass is 10.1. The molecule has 0 saturated carbocycles. The molecule has 2 N–H and O–H groups in total. The second-order valence-corrected chi connectivity index (χ2v) is 7.35. The standard InChI is InChI=1S/C17H8Cl4N2O3S/c18-9-2-1-3-12(13(9)21)23-16(26)8(15(25)22-17(23)27)4-7-5-10(19)14(24)11(20)6-7/h1-6,24H,(H,22,25,27). The van der Waals surface area contributed by atoms with E-state index in [1.165, 1.54) is 18.2 Å². The van der Waals surface area contributed by atoms with Crippen molar-refractivity contribution in [3.63, 3.8) is 0 Å². The number of hydrogen-bond acceptors (Lipinski definition) is 4. The lowest BCUT2D eigenvalue weighted by Gasteiger charge is -2.29. The maximum absolute atomic E-state index is 12.9. The summed E-state index contributed by atoms with van der Waals surface area (Å²) in [6.45, 7) is 0. The number of thiocarbonyl (C=S) groups is 1. The van der Waals surface area contributed by atoms with E-state index in [0.717, 1.165) is 4.90 Å². The fourth-order valence-electron chi connectivity index (χ4n) is 2.38. The maximum atomic E-state index is 12.9. The van der Waals surface area contributed by atoms with Gasteiger partial charge in [0.25, 0.3) is 11.8 Å². The van der Waals surface area contributed by atoms with Crippen LogP contribution in [0.4, 0.5) is 5.69 Å². The topological polar surface area (TPSA) is 69.6 Å². The number of halogens is 4. The summed E-state index contributed by atoms with van der Waals surface area (Å²) in [5.41, 5.74) is 0.343. The van der Waals surface area contributed by atoms with Gasteiger partial charge in [-0.3, -0.25) is 19.8 Å². The Morgan fingerprint density at radius 1 is 1.04 bits per heavy atom. The third kappa shape index (κ3) is 3.77. The Balaban J connectivity index is 2.09. The zero-order valence-electron chi connectivity index (χ0n) is 13.1. The number of nitrogens with zero attached hydrogens (tertiary/aromatic N) is 1. The molecule has 1 aliphatic heterocycles. The minimum absolute atomic E-state index is 0.0247. The molecule has 27 heavy (non-hydrogen) atoms. The average molecular weight is 462 g/mol. The Morgan fingerprint density at radius 3 is 2.30 bits per heavy atom. The molecular formula is C17H8Cl4N2O3S. The summed E-state index contributed by atoms with van der Waals surface area (Å²) in [6.07, 6.45) is 1.28. The van der Waals surface area contributed by atoms with Crippen molar-refractivity contribution >= 4 is 87.3 Å². The van der Waals surface area contributed by atoms with E-state index in [1.807, 2.05) is 0 Å². The summed E-state index contributed by atoms with van der Waals surface area (Å²) in [5.74, 6) is -1.69. The van der Waals surface area contributed by atoms with E-state index in [4.69, 9.17) is 58.6 Å². The average Bonchev–Trinajstić information content (AvgIpc) is 2.60. The first kappa shape index (κ1) is 19.9. The number of aromatic hydroxyl groups is 1. The van der Waals surface area contributed by atoms with Crippen LogP contribution in [0.15, 0.2) is 35.9 Å². The van der Waals surface area contributed by atoms with E-state index in [2.05, 4.69) is 5.32 Å².